The average Bonchev–Trinajstić information content (AvgIpc) is 2.87. The number of benzene rings is 2. The van der Waals surface area contributed by atoms with E-state index >= 15 is 4.39 Å². The van der Waals surface area contributed by atoms with E-state index in [1.54, 1.807) is 6.07 Å². The highest BCUT2D eigenvalue weighted by atomic mass is 32.2. The van der Waals surface area contributed by atoms with Crippen molar-refractivity contribution in [1.29, 1.82) is 0 Å². The number of nitrogens with zero attached hydrogens (tertiary/aromatic N) is 1. The normalized spacial score (nSPS) is 29.3. The molecule has 2 aliphatic heterocycles. The monoisotopic (exact) mass is 528 g/mol. The van der Waals surface area contributed by atoms with E-state index in [0.717, 1.165) is 18.4 Å². The van der Waals surface area contributed by atoms with Crippen molar-refractivity contribution in [3.8, 4) is 0 Å². The van der Waals surface area contributed by atoms with Gasteiger partial charge in [0.15, 0.2) is 0 Å². The Balaban J connectivity index is 1.39. The van der Waals surface area contributed by atoms with Crippen LogP contribution in [0.3, 0.4) is 0 Å². The number of hydrogen-bond acceptors (Lipinski definition) is 4. The highest BCUT2D eigenvalue weighted by Gasteiger charge is 2.44. The molecule has 200 valence electrons. The Morgan fingerprint density at radius 3 is 2.43 bits per heavy atom. The summed E-state index contributed by atoms with van der Waals surface area (Å²) < 4.78 is 49.8. The van der Waals surface area contributed by atoms with Crippen LogP contribution >= 0.6 is 0 Å². The third kappa shape index (κ3) is 5.08. The van der Waals surface area contributed by atoms with Crippen LogP contribution in [0.4, 0.5) is 4.39 Å². The third-order valence-corrected chi connectivity index (χ3v) is 11.0. The van der Waals surface area contributed by atoms with E-state index in [2.05, 4.69) is 12.2 Å². The van der Waals surface area contributed by atoms with Crippen LogP contribution in [-0.2, 0) is 31.5 Å². The fraction of sp³-hybridized carbons (Fsp3) is 0.552. The standard InChI is InChI=1S/C29H37FN2O4S/c1-20-16-25(17-20)31-28(33)29(12-14-36-15-13-29)24-10-9-23(26(30)18-24)19-32-21(2)8-11-27(37(32,34)35)22-6-4-3-5-7-22/h3-7,9-10,18,20-21,25,27H,8,11-17,19H2,1-2H3,(H,31,33)/t20?,21-,25?,27+/m0/s1. The van der Waals surface area contributed by atoms with Crippen molar-refractivity contribution in [2.24, 2.45) is 5.92 Å². The van der Waals surface area contributed by atoms with Gasteiger partial charge in [0.25, 0.3) is 0 Å². The number of halogens is 1. The van der Waals surface area contributed by atoms with Crippen molar-refractivity contribution < 1.29 is 22.3 Å². The lowest BCUT2D eigenvalue weighted by Gasteiger charge is -2.41. The Kier molecular flexibility index (Phi) is 7.44. The van der Waals surface area contributed by atoms with Gasteiger partial charge in [-0.1, -0.05) is 49.4 Å². The summed E-state index contributed by atoms with van der Waals surface area (Å²) in [4.78, 5) is 13.5. The molecular formula is C29H37FN2O4S. The summed E-state index contributed by atoms with van der Waals surface area (Å²) in [5, 5.41) is 2.56. The van der Waals surface area contributed by atoms with Crippen molar-refractivity contribution in [1.82, 2.24) is 9.62 Å². The molecule has 6 nitrogen and oxygen atoms in total. The predicted octanol–water partition coefficient (Wildman–Crippen LogP) is 4.84. The zero-order valence-corrected chi connectivity index (χ0v) is 22.5. The van der Waals surface area contributed by atoms with E-state index in [9.17, 15) is 13.2 Å². The van der Waals surface area contributed by atoms with Crippen molar-refractivity contribution in [3.05, 3.63) is 71.0 Å². The summed E-state index contributed by atoms with van der Waals surface area (Å²) in [6.07, 6.45) is 4.19. The van der Waals surface area contributed by atoms with Gasteiger partial charge in [-0.2, -0.15) is 4.31 Å². The van der Waals surface area contributed by atoms with Gasteiger partial charge in [0.05, 0.1) is 5.41 Å². The van der Waals surface area contributed by atoms with Crippen molar-refractivity contribution in [3.63, 3.8) is 0 Å². The van der Waals surface area contributed by atoms with E-state index in [1.165, 1.54) is 10.4 Å². The molecule has 1 saturated carbocycles. The van der Waals surface area contributed by atoms with Crippen LogP contribution in [0.2, 0.25) is 0 Å². The molecule has 2 saturated heterocycles. The molecule has 1 N–H and O–H groups in total. The minimum absolute atomic E-state index is 0.0266. The number of sulfonamides is 1. The number of amides is 1. The maximum atomic E-state index is 15.6. The lowest BCUT2D eigenvalue weighted by molar-refractivity contribution is -0.132. The highest BCUT2D eigenvalue weighted by molar-refractivity contribution is 7.89. The maximum Gasteiger partial charge on any atom is 0.231 e. The van der Waals surface area contributed by atoms with E-state index in [-0.39, 0.29) is 24.5 Å². The molecule has 8 heteroatoms. The topological polar surface area (TPSA) is 75.7 Å². The van der Waals surface area contributed by atoms with Crippen LogP contribution in [-0.4, -0.2) is 43.9 Å². The molecule has 3 fully saturated rings. The molecule has 1 aliphatic carbocycles. The molecule has 0 bridgehead atoms. The van der Waals surface area contributed by atoms with E-state index in [0.29, 0.717) is 55.9 Å². The molecule has 2 heterocycles. The fourth-order valence-electron chi connectivity index (χ4n) is 6.20. The Hall–Kier alpha value is -2.29. The zero-order chi connectivity index (χ0) is 26.2. The Morgan fingerprint density at radius 1 is 1.08 bits per heavy atom. The van der Waals surface area contributed by atoms with E-state index < -0.39 is 26.5 Å². The van der Waals surface area contributed by atoms with Crippen LogP contribution in [0.25, 0.3) is 0 Å². The molecule has 2 aromatic rings. The summed E-state index contributed by atoms with van der Waals surface area (Å²) in [5.74, 6) is 0.0815. The first kappa shape index (κ1) is 26.3. The molecule has 2 aromatic carbocycles. The first-order valence-electron chi connectivity index (χ1n) is 13.4. The molecule has 0 unspecified atom stereocenters. The van der Waals surface area contributed by atoms with Crippen LogP contribution < -0.4 is 5.32 Å². The Morgan fingerprint density at radius 2 is 1.78 bits per heavy atom. The highest BCUT2D eigenvalue weighted by Crippen LogP contribution is 2.40. The third-order valence-electron chi connectivity index (χ3n) is 8.62. The van der Waals surface area contributed by atoms with Gasteiger partial charge in [0.1, 0.15) is 11.1 Å². The largest absolute Gasteiger partial charge is 0.381 e. The summed E-state index contributed by atoms with van der Waals surface area (Å²) in [6, 6.07) is 14.1. The molecule has 2 atom stereocenters. The number of hydrogen-bond donors (Lipinski definition) is 1. The van der Waals surface area contributed by atoms with Gasteiger partial charge in [0.2, 0.25) is 15.9 Å². The minimum Gasteiger partial charge on any atom is -0.381 e. The van der Waals surface area contributed by atoms with Gasteiger partial charge >= 0.3 is 0 Å². The molecular weight excluding hydrogens is 491 g/mol. The van der Waals surface area contributed by atoms with Crippen LogP contribution in [0.1, 0.15) is 74.3 Å². The van der Waals surface area contributed by atoms with E-state index in [1.807, 2.05) is 43.3 Å². The molecule has 0 spiro atoms. The molecule has 3 aliphatic rings. The molecule has 1 amide bonds. The van der Waals surface area contributed by atoms with Crippen LogP contribution in [0.15, 0.2) is 48.5 Å². The number of carbonyl (C=O) groups excluding carboxylic acids is 1. The average molecular weight is 529 g/mol. The molecule has 0 aromatic heterocycles. The fourth-order valence-corrected chi connectivity index (χ4v) is 8.39. The lowest BCUT2D eigenvalue weighted by Crippen LogP contribution is -2.53. The first-order valence-corrected chi connectivity index (χ1v) is 14.9. The Labute approximate surface area is 219 Å². The van der Waals surface area contributed by atoms with Crippen LogP contribution in [0, 0.1) is 11.7 Å². The molecule has 0 radical (unpaired) electrons. The van der Waals surface area contributed by atoms with Gasteiger partial charge in [-0.15, -0.1) is 0 Å². The second-order valence-electron chi connectivity index (χ2n) is 11.2. The van der Waals surface area contributed by atoms with Gasteiger partial charge in [-0.05, 0) is 68.6 Å². The van der Waals surface area contributed by atoms with Gasteiger partial charge in [-0.25, -0.2) is 12.8 Å². The van der Waals surface area contributed by atoms with Gasteiger partial charge in [0, 0.05) is 37.4 Å². The van der Waals surface area contributed by atoms with Gasteiger partial charge < -0.3 is 10.1 Å². The second-order valence-corrected chi connectivity index (χ2v) is 13.2. The predicted molar refractivity (Wildman–Crippen MR) is 141 cm³/mol. The number of rotatable bonds is 6. The quantitative estimate of drug-likeness (QED) is 0.582. The summed E-state index contributed by atoms with van der Waals surface area (Å²) in [6.45, 7) is 4.92. The first-order chi connectivity index (χ1) is 17.7. The summed E-state index contributed by atoms with van der Waals surface area (Å²) >= 11 is 0. The smallest absolute Gasteiger partial charge is 0.231 e. The van der Waals surface area contributed by atoms with Crippen LogP contribution in [0.5, 0.6) is 0 Å². The van der Waals surface area contributed by atoms with Crippen molar-refractivity contribution >= 4 is 15.9 Å². The number of nitrogens with one attached hydrogen (secondary N) is 1. The van der Waals surface area contributed by atoms with Gasteiger partial charge in [-0.3, -0.25) is 4.79 Å². The zero-order valence-electron chi connectivity index (χ0n) is 21.7. The summed E-state index contributed by atoms with van der Waals surface area (Å²) in [7, 11) is -3.67. The number of ether oxygens (including phenoxy) is 1. The SMILES string of the molecule is CC1CC(NC(=O)C2(c3ccc(CN4[C@@H](C)CC[C@H](c5ccccc5)S4(=O)=O)c(F)c3)CCOCC2)C1. The minimum atomic E-state index is -3.67. The number of carbonyl (C=O) groups is 1. The second kappa shape index (κ2) is 10.5. The summed E-state index contributed by atoms with van der Waals surface area (Å²) in [5.41, 5.74) is 0.893. The maximum absolute atomic E-state index is 15.6. The lowest BCUT2D eigenvalue weighted by atomic mass is 9.72. The molecule has 5 rings (SSSR count). The Bertz CT molecular complexity index is 1220. The van der Waals surface area contributed by atoms with Crippen molar-refractivity contribution in [2.45, 2.75) is 81.7 Å². The van der Waals surface area contributed by atoms with Crippen molar-refractivity contribution in [2.75, 3.05) is 13.2 Å². The molecule has 37 heavy (non-hydrogen) atoms. The van der Waals surface area contributed by atoms with E-state index in [4.69, 9.17) is 4.74 Å².